The normalized spacial score (nSPS) is 12.1. The summed E-state index contributed by atoms with van der Waals surface area (Å²) >= 11 is 0. The molecule has 0 aliphatic heterocycles. The molecule has 0 fully saturated rings. The van der Waals surface area contributed by atoms with Crippen molar-refractivity contribution in [3.05, 3.63) is 28.8 Å². The summed E-state index contributed by atoms with van der Waals surface area (Å²) < 4.78 is 46.6. The van der Waals surface area contributed by atoms with E-state index in [-0.39, 0.29) is 5.56 Å². The maximum Gasteiger partial charge on any atom is 0.267 e. The second-order valence-corrected chi connectivity index (χ2v) is 6.12. The third-order valence-corrected chi connectivity index (χ3v) is 2.91. The Kier molecular flexibility index (Phi) is 3.75. The van der Waals surface area contributed by atoms with Crippen molar-refractivity contribution in [3.63, 3.8) is 0 Å². The minimum atomic E-state index is -3.89. The van der Waals surface area contributed by atoms with Crippen LogP contribution in [0, 0.1) is 6.92 Å². The molecule has 0 aliphatic rings. The fraction of sp³-hybridized carbons (Fsp3) is 0.333. The molecule has 1 N–H and O–H groups in total. The van der Waals surface area contributed by atoms with Gasteiger partial charge in [-0.15, -0.1) is 0 Å². The van der Waals surface area contributed by atoms with Crippen LogP contribution in [0.2, 0.25) is 0 Å². The Morgan fingerprint density at radius 3 is 2.44 bits per heavy atom. The molecule has 0 aromatic heterocycles. The van der Waals surface area contributed by atoms with E-state index < -0.39 is 32.5 Å². The molecule has 0 radical (unpaired) electrons. The molecule has 16 heavy (non-hydrogen) atoms. The quantitative estimate of drug-likeness (QED) is 0.859. The predicted octanol–water partition coefficient (Wildman–Crippen LogP) is 2.71. The van der Waals surface area contributed by atoms with Gasteiger partial charge in [-0.3, -0.25) is 0 Å². The molecule has 1 rings (SSSR count). The Balaban J connectivity index is 3.30. The van der Waals surface area contributed by atoms with Crippen LogP contribution in [-0.2, 0) is 14.8 Å². The van der Waals surface area contributed by atoms with E-state index in [1.54, 1.807) is 0 Å². The predicted molar refractivity (Wildman–Crippen MR) is 56.3 cm³/mol. The summed E-state index contributed by atoms with van der Waals surface area (Å²) in [5, 5.41) is 9.44. The van der Waals surface area contributed by atoms with Gasteiger partial charge < -0.3 is 5.11 Å². The van der Waals surface area contributed by atoms with Crippen molar-refractivity contribution >= 4 is 19.7 Å². The Bertz CT molecular complexity index is 500. The van der Waals surface area contributed by atoms with Crippen LogP contribution in [-0.4, -0.2) is 13.5 Å². The standard InChI is InChI=1S/C9H9ClF2O3S/c1-5-2-6(4-16(10,14)15)8(13)7(3-5)9(11)12/h2-3,9,13H,4H2,1H3. The number of phenols is 1. The zero-order valence-corrected chi connectivity index (χ0v) is 9.82. The molecule has 0 heterocycles. The van der Waals surface area contributed by atoms with E-state index in [9.17, 15) is 22.3 Å². The first kappa shape index (κ1) is 13.2. The van der Waals surface area contributed by atoms with Crippen molar-refractivity contribution in [2.24, 2.45) is 0 Å². The van der Waals surface area contributed by atoms with Gasteiger partial charge in [0.15, 0.2) is 0 Å². The van der Waals surface area contributed by atoms with Crippen LogP contribution < -0.4 is 0 Å². The lowest BCUT2D eigenvalue weighted by molar-refractivity contribution is 0.147. The first-order valence-electron chi connectivity index (χ1n) is 4.23. The van der Waals surface area contributed by atoms with E-state index in [2.05, 4.69) is 0 Å². The summed E-state index contributed by atoms with van der Waals surface area (Å²) in [6.45, 7) is 1.52. The molecule has 0 atom stereocenters. The first-order valence-corrected chi connectivity index (χ1v) is 6.71. The number of alkyl halides is 2. The van der Waals surface area contributed by atoms with Gasteiger partial charge in [0.25, 0.3) is 6.43 Å². The van der Waals surface area contributed by atoms with Gasteiger partial charge in [0.05, 0.1) is 11.3 Å². The van der Waals surface area contributed by atoms with Crippen molar-refractivity contribution in [1.82, 2.24) is 0 Å². The highest BCUT2D eigenvalue weighted by atomic mass is 35.7. The summed E-state index contributed by atoms with van der Waals surface area (Å²) in [4.78, 5) is 0. The maximum absolute atomic E-state index is 12.5. The number of phenolic OH excluding ortho intramolecular Hbond substituents is 1. The van der Waals surface area contributed by atoms with Crippen LogP contribution in [0.25, 0.3) is 0 Å². The fourth-order valence-electron chi connectivity index (χ4n) is 1.35. The van der Waals surface area contributed by atoms with Crippen molar-refractivity contribution in [1.29, 1.82) is 0 Å². The fourth-order valence-corrected chi connectivity index (χ4v) is 2.29. The highest BCUT2D eigenvalue weighted by molar-refractivity contribution is 8.13. The number of rotatable bonds is 3. The average Bonchev–Trinajstić information content (AvgIpc) is 2.07. The SMILES string of the molecule is Cc1cc(CS(=O)(=O)Cl)c(O)c(C(F)F)c1. The molecule has 90 valence electrons. The summed E-state index contributed by atoms with van der Waals surface area (Å²) in [7, 11) is 1.11. The second kappa shape index (κ2) is 4.55. The summed E-state index contributed by atoms with van der Waals surface area (Å²) in [5.41, 5.74) is -0.274. The average molecular weight is 271 g/mol. The van der Waals surface area contributed by atoms with Gasteiger partial charge in [-0.05, 0) is 13.0 Å². The van der Waals surface area contributed by atoms with E-state index in [4.69, 9.17) is 10.7 Å². The lowest BCUT2D eigenvalue weighted by Gasteiger charge is -2.09. The highest BCUT2D eigenvalue weighted by Crippen LogP contribution is 2.33. The van der Waals surface area contributed by atoms with Crippen LogP contribution in [0.1, 0.15) is 23.1 Å². The lowest BCUT2D eigenvalue weighted by atomic mass is 10.1. The van der Waals surface area contributed by atoms with E-state index in [0.717, 1.165) is 6.07 Å². The van der Waals surface area contributed by atoms with Gasteiger partial charge in [-0.1, -0.05) is 11.6 Å². The monoisotopic (exact) mass is 270 g/mol. The summed E-state index contributed by atoms with van der Waals surface area (Å²) in [5.74, 6) is -1.40. The van der Waals surface area contributed by atoms with Crippen LogP contribution in [0.15, 0.2) is 12.1 Å². The molecular formula is C9H9ClF2O3S. The smallest absolute Gasteiger partial charge is 0.267 e. The third kappa shape index (κ3) is 3.31. The number of aryl methyl sites for hydroxylation is 1. The Labute approximate surface area is 96.1 Å². The molecule has 7 heteroatoms. The molecule has 0 bridgehead atoms. The van der Waals surface area contributed by atoms with Crippen LogP contribution >= 0.6 is 10.7 Å². The van der Waals surface area contributed by atoms with Crippen molar-refractivity contribution in [2.45, 2.75) is 19.1 Å². The zero-order valence-electron chi connectivity index (χ0n) is 8.25. The lowest BCUT2D eigenvalue weighted by Crippen LogP contribution is -1.99. The number of halogens is 3. The molecule has 0 aliphatic carbocycles. The largest absolute Gasteiger partial charge is 0.507 e. The Hall–Kier alpha value is -0.880. The number of hydrogen-bond donors (Lipinski definition) is 1. The van der Waals surface area contributed by atoms with Crippen molar-refractivity contribution < 1.29 is 22.3 Å². The minimum Gasteiger partial charge on any atom is -0.507 e. The first-order chi connectivity index (χ1) is 7.20. The molecular weight excluding hydrogens is 262 g/mol. The maximum atomic E-state index is 12.5. The number of hydrogen-bond acceptors (Lipinski definition) is 3. The Morgan fingerprint density at radius 1 is 1.44 bits per heavy atom. The molecule has 0 saturated carbocycles. The van der Waals surface area contributed by atoms with E-state index in [1.807, 2.05) is 0 Å². The highest BCUT2D eigenvalue weighted by Gasteiger charge is 2.19. The van der Waals surface area contributed by atoms with E-state index >= 15 is 0 Å². The van der Waals surface area contributed by atoms with Gasteiger partial charge in [0, 0.05) is 16.2 Å². The topological polar surface area (TPSA) is 54.4 Å². The van der Waals surface area contributed by atoms with Gasteiger partial charge in [0.2, 0.25) is 9.05 Å². The Morgan fingerprint density at radius 2 is 2.00 bits per heavy atom. The van der Waals surface area contributed by atoms with E-state index in [1.165, 1.54) is 13.0 Å². The molecule has 0 unspecified atom stereocenters. The molecule has 1 aromatic carbocycles. The van der Waals surface area contributed by atoms with Crippen LogP contribution in [0.4, 0.5) is 8.78 Å². The molecule has 3 nitrogen and oxygen atoms in total. The minimum absolute atomic E-state index is 0.120. The van der Waals surface area contributed by atoms with Crippen LogP contribution in [0.3, 0.4) is 0 Å². The van der Waals surface area contributed by atoms with Gasteiger partial charge in [-0.2, -0.15) is 0 Å². The van der Waals surface area contributed by atoms with Crippen molar-refractivity contribution in [3.8, 4) is 5.75 Å². The molecule has 1 aromatic rings. The molecule has 0 spiro atoms. The summed E-state index contributed by atoms with van der Waals surface area (Å²) in [6, 6.07) is 2.41. The second-order valence-electron chi connectivity index (χ2n) is 3.35. The summed E-state index contributed by atoms with van der Waals surface area (Å²) in [6.07, 6.45) is -2.86. The van der Waals surface area contributed by atoms with Gasteiger partial charge >= 0.3 is 0 Å². The number of benzene rings is 1. The molecule has 0 saturated heterocycles. The van der Waals surface area contributed by atoms with Crippen LogP contribution in [0.5, 0.6) is 5.75 Å². The zero-order chi connectivity index (χ0) is 12.5. The van der Waals surface area contributed by atoms with Gasteiger partial charge in [-0.25, -0.2) is 17.2 Å². The van der Waals surface area contributed by atoms with Crippen molar-refractivity contribution in [2.75, 3.05) is 0 Å². The number of aromatic hydroxyl groups is 1. The third-order valence-electron chi connectivity index (χ3n) is 1.93. The van der Waals surface area contributed by atoms with E-state index in [0.29, 0.717) is 5.56 Å². The molecule has 0 amide bonds. The van der Waals surface area contributed by atoms with Gasteiger partial charge in [0.1, 0.15) is 5.75 Å².